The molecule has 0 spiro atoms. The SMILES string of the molecule is COc1ncnc(N2CCCN(CCBr)CC2)c1C. The molecular weight excluding hydrogens is 308 g/mol. The quantitative estimate of drug-likeness (QED) is 0.787. The molecule has 0 saturated carbocycles. The molecule has 6 heteroatoms. The molecule has 2 heterocycles. The van der Waals surface area contributed by atoms with E-state index < -0.39 is 0 Å². The van der Waals surface area contributed by atoms with Gasteiger partial charge in [-0.25, -0.2) is 9.97 Å². The van der Waals surface area contributed by atoms with E-state index in [1.807, 2.05) is 6.92 Å². The van der Waals surface area contributed by atoms with Gasteiger partial charge in [0.2, 0.25) is 5.88 Å². The monoisotopic (exact) mass is 328 g/mol. The number of alkyl halides is 1. The van der Waals surface area contributed by atoms with Gasteiger partial charge in [0.05, 0.1) is 12.7 Å². The second kappa shape index (κ2) is 7.05. The van der Waals surface area contributed by atoms with Gasteiger partial charge < -0.3 is 14.5 Å². The summed E-state index contributed by atoms with van der Waals surface area (Å²) in [6.07, 6.45) is 2.75. The minimum Gasteiger partial charge on any atom is -0.481 e. The highest BCUT2D eigenvalue weighted by molar-refractivity contribution is 9.09. The van der Waals surface area contributed by atoms with E-state index in [2.05, 4.69) is 35.7 Å². The van der Waals surface area contributed by atoms with Gasteiger partial charge in [0.1, 0.15) is 12.1 Å². The molecular formula is C13H21BrN4O. The van der Waals surface area contributed by atoms with Gasteiger partial charge in [0.15, 0.2) is 0 Å². The fraction of sp³-hybridized carbons (Fsp3) is 0.692. The number of hydrogen-bond donors (Lipinski definition) is 0. The van der Waals surface area contributed by atoms with Crippen molar-refractivity contribution >= 4 is 21.7 Å². The predicted molar refractivity (Wildman–Crippen MR) is 80.4 cm³/mol. The zero-order valence-electron chi connectivity index (χ0n) is 11.6. The van der Waals surface area contributed by atoms with Gasteiger partial charge in [-0.3, -0.25) is 0 Å². The molecule has 106 valence electrons. The molecule has 0 radical (unpaired) electrons. The summed E-state index contributed by atoms with van der Waals surface area (Å²) in [5.74, 6) is 1.68. The lowest BCUT2D eigenvalue weighted by Gasteiger charge is -2.24. The average Bonchev–Trinajstić information content (AvgIpc) is 2.65. The Labute approximate surface area is 123 Å². The molecule has 1 fully saturated rings. The number of methoxy groups -OCH3 is 1. The van der Waals surface area contributed by atoms with E-state index in [0.717, 1.165) is 49.4 Å². The Kier molecular flexibility index (Phi) is 5.39. The average molecular weight is 329 g/mol. The van der Waals surface area contributed by atoms with E-state index in [9.17, 15) is 0 Å². The second-order valence-corrected chi connectivity index (χ2v) is 5.50. The van der Waals surface area contributed by atoms with Crippen molar-refractivity contribution in [3.63, 3.8) is 0 Å². The van der Waals surface area contributed by atoms with Crippen LogP contribution in [-0.2, 0) is 0 Å². The van der Waals surface area contributed by atoms with Crippen LogP contribution in [0.3, 0.4) is 0 Å². The zero-order chi connectivity index (χ0) is 13.7. The number of aromatic nitrogens is 2. The number of nitrogens with zero attached hydrogens (tertiary/aromatic N) is 4. The second-order valence-electron chi connectivity index (χ2n) is 4.70. The van der Waals surface area contributed by atoms with E-state index >= 15 is 0 Å². The standard InChI is InChI=1S/C13H21BrN4O/c1-11-12(15-10-16-13(11)19-2)18-6-3-5-17(7-4-14)8-9-18/h10H,3-9H2,1-2H3. The first-order valence-corrected chi connectivity index (χ1v) is 7.77. The molecule has 2 rings (SSSR count). The summed E-state index contributed by atoms with van der Waals surface area (Å²) in [5, 5.41) is 1.04. The van der Waals surface area contributed by atoms with Crippen molar-refractivity contribution in [1.82, 2.24) is 14.9 Å². The maximum atomic E-state index is 5.27. The Bertz CT molecular complexity index is 416. The normalized spacial score (nSPS) is 17.3. The minimum atomic E-state index is 0.673. The highest BCUT2D eigenvalue weighted by atomic mass is 79.9. The Hall–Kier alpha value is -0.880. The van der Waals surface area contributed by atoms with Crippen molar-refractivity contribution < 1.29 is 4.74 Å². The van der Waals surface area contributed by atoms with E-state index in [1.165, 1.54) is 6.42 Å². The molecule has 0 aliphatic carbocycles. The summed E-state index contributed by atoms with van der Waals surface area (Å²) in [7, 11) is 1.65. The largest absolute Gasteiger partial charge is 0.481 e. The summed E-state index contributed by atoms with van der Waals surface area (Å²) in [5.41, 5.74) is 1.03. The third-order valence-corrected chi connectivity index (χ3v) is 3.85. The molecule has 0 unspecified atom stereocenters. The van der Waals surface area contributed by atoms with Crippen LogP contribution in [0.1, 0.15) is 12.0 Å². The van der Waals surface area contributed by atoms with Crippen molar-refractivity contribution in [2.24, 2.45) is 0 Å². The lowest BCUT2D eigenvalue weighted by molar-refractivity contribution is 0.313. The molecule has 0 amide bonds. The van der Waals surface area contributed by atoms with Gasteiger partial charge in [-0.05, 0) is 19.9 Å². The van der Waals surface area contributed by atoms with Crippen LogP contribution >= 0.6 is 15.9 Å². The molecule has 0 atom stereocenters. The van der Waals surface area contributed by atoms with Crippen LogP contribution in [0, 0.1) is 6.92 Å². The third kappa shape index (κ3) is 3.57. The van der Waals surface area contributed by atoms with Crippen molar-refractivity contribution in [3.8, 4) is 5.88 Å². The molecule has 1 aromatic rings. The summed E-state index contributed by atoms with van der Waals surface area (Å²) >= 11 is 3.51. The molecule has 1 aromatic heterocycles. The highest BCUT2D eigenvalue weighted by Gasteiger charge is 2.18. The van der Waals surface area contributed by atoms with Gasteiger partial charge >= 0.3 is 0 Å². The first-order chi connectivity index (χ1) is 9.26. The number of halogens is 1. The molecule has 0 bridgehead atoms. The lowest BCUT2D eigenvalue weighted by atomic mass is 10.3. The van der Waals surface area contributed by atoms with E-state index in [4.69, 9.17) is 4.74 Å². The van der Waals surface area contributed by atoms with Crippen molar-refractivity contribution in [2.45, 2.75) is 13.3 Å². The van der Waals surface area contributed by atoms with Crippen LogP contribution in [0.25, 0.3) is 0 Å². The number of rotatable bonds is 4. The van der Waals surface area contributed by atoms with E-state index in [1.54, 1.807) is 13.4 Å². The maximum absolute atomic E-state index is 5.27. The highest BCUT2D eigenvalue weighted by Crippen LogP contribution is 2.24. The van der Waals surface area contributed by atoms with Gasteiger partial charge in [0, 0.05) is 31.5 Å². The van der Waals surface area contributed by atoms with E-state index in [0.29, 0.717) is 5.88 Å². The fourth-order valence-electron chi connectivity index (χ4n) is 2.48. The maximum Gasteiger partial charge on any atom is 0.221 e. The molecule has 0 N–H and O–H groups in total. The Morgan fingerprint density at radius 3 is 2.84 bits per heavy atom. The predicted octanol–water partition coefficient (Wildman–Crippen LogP) is 1.70. The molecule has 0 aromatic carbocycles. The van der Waals surface area contributed by atoms with Gasteiger partial charge in [0.25, 0.3) is 0 Å². The Balaban J connectivity index is 2.10. The van der Waals surface area contributed by atoms with Crippen LogP contribution in [0.5, 0.6) is 5.88 Å². The van der Waals surface area contributed by atoms with Crippen LogP contribution in [0.15, 0.2) is 6.33 Å². The molecule has 1 aliphatic rings. The minimum absolute atomic E-state index is 0.673. The van der Waals surface area contributed by atoms with Crippen LogP contribution < -0.4 is 9.64 Å². The van der Waals surface area contributed by atoms with Crippen molar-refractivity contribution in [1.29, 1.82) is 0 Å². The molecule has 19 heavy (non-hydrogen) atoms. The van der Waals surface area contributed by atoms with Crippen LogP contribution in [0.2, 0.25) is 0 Å². The first kappa shape index (κ1) is 14.5. The van der Waals surface area contributed by atoms with Gasteiger partial charge in [-0.15, -0.1) is 0 Å². The Morgan fingerprint density at radius 1 is 1.26 bits per heavy atom. The topological polar surface area (TPSA) is 41.5 Å². The van der Waals surface area contributed by atoms with Gasteiger partial charge in [-0.2, -0.15) is 0 Å². The van der Waals surface area contributed by atoms with Gasteiger partial charge in [-0.1, -0.05) is 15.9 Å². The fourth-order valence-corrected chi connectivity index (χ4v) is 2.98. The summed E-state index contributed by atoms with van der Waals surface area (Å²) < 4.78 is 5.27. The zero-order valence-corrected chi connectivity index (χ0v) is 13.2. The molecule has 1 saturated heterocycles. The summed E-state index contributed by atoms with van der Waals surface area (Å²) in [6.45, 7) is 7.42. The van der Waals surface area contributed by atoms with Crippen molar-refractivity contribution in [2.75, 3.05) is 50.1 Å². The van der Waals surface area contributed by atoms with Crippen LogP contribution in [-0.4, -0.2) is 60.0 Å². The molecule has 1 aliphatic heterocycles. The summed E-state index contributed by atoms with van der Waals surface area (Å²) in [6, 6.07) is 0. The number of anilines is 1. The molecule has 5 nitrogen and oxygen atoms in total. The smallest absolute Gasteiger partial charge is 0.221 e. The number of ether oxygens (including phenoxy) is 1. The van der Waals surface area contributed by atoms with Crippen LogP contribution in [0.4, 0.5) is 5.82 Å². The first-order valence-electron chi connectivity index (χ1n) is 6.65. The Morgan fingerprint density at radius 2 is 2.11 bits per heavy atom. The number of hydrogen-bond acceptors (Lipinski definition) is 5. The van der Waals surface area contributed by atoms with E-state index in [-0.39, 0.29) is 0 Å². The summed E-state index contributed by atoms with van der Waals surface area (Å²) in [4.78, 5) is 13.4. The van der Waals surface area contributed by atoms with Crippen molar-refractivity contribution in [3.05, 3.63) is 11.9 Å². The third-order valence-electron chi connectivity index (χ3n) is 3.49. The lowest BCUT2D eigenvalue weighted by Crippen LogP contribution is -2.32.